The van der Waals surface area contributed by atoms with E-state index in [-0.39, 0.29) is 13.1 Å². The Bertz CT molecular complexity index is 946. The van der Waals surface area contributed by atoms with Crippen LogP contribution in [0, 0.1) is 13.8 Å². The van der Waals surface area contributed by atoms with E-state index in [1.54, 1.807) is 0 Å². The van der Waals surface area contributed by atoms with Crippen molar-refractivity contribution in [2.24, 2.45) is 15.0 Å². The van der Waals surface area contributed by atoms with Crippen LogP contribution in [-0.2, 0) is 13.1 Å². The second-order valence-corrected chi connectivity index (χ2v) is 8.19. The van der Waals surface area contributed by atoms with Crippen molar-refractivity contribution in [2.45, 2.75) is 34.1 Å². The van der Waals surface area contributed by atoms with Gasteiger partial charge in [-0.3, -0.25) is 9.98 Å². The van der Waals surface area contributed by atoms with Crippen LogP contribution in [0.5, 0.6) is 0 Å². The summed E-state index contributed by atoms with van der Waals surface area (Å²) in [5, 5.41) is 0. The van der Waals surface area contributed by atoms with Gasteiger partial charge < -0.3 is 0 Å². The van der Waals surface area contributed by atoms with Gasteiger partial charge in [0.05, 0.1) is 34.2 Å². The number of para-hydroxylation sites is 2. The number of aliphatic imine (C=N–C) groups is 3. The van der Waals surface area contributed by atoms with Gasteiger partial charge in [0.1, 0.15) is 0 Å². The summed E-state index contributed by atoms with van der Waals surface area (Å²) in [5.41, 5.74) is 8.19. The molecule has 0 bridgehead atoms. The van der Waals surface area contributed by atoms with Crippen LogP contribution in [0.4, 0.5) is 11.4 Å². The predicted molar refractivity (Wildman–Crippen MR) is 120 cm³/mol. The number of hydrogen-bond donors (Lipinski definition) is 0. The number of nitrogens with zero attached hydrogens (tertiary/aromatic N) is 3. The Balaban J connectivity index is 0.000000878. The SMILES string of the molecule is CC(=Nc1ccccc1C)C1=CCC(C(C)=Nc2ccccc2C)=N1.[Cl][Fe][Cl]. The van der Waals surface area contributed by atoms with Crippen LogP contribution in [0.3, 0.4) is 0 Å². The maximum absolute atomic E-state index is 4.76. The van der Waals surface area contributed by atoms with Crippen LogP contribution in [0.25, 0.3) is 0 Å². The molecule has 0 aromatic heterocycles. The zero-order valence-electron chi connectivity index (χ0n) is 16.4. The summed E-state index contributed by atoms with van der Waals surface area (Å²) >= 11 is 0.194. The van der Waals surface area contributed by atoms with Crippen LogP contribution in [-0.4, -0.2) is 17.1 Å². The molecule has 1 aliphatic rings. The molecule has 0 aliphatic carbocycles. The van der Waals surface area contributed by atoms with E-state index < -0.39 is 0 Å². The summed E-state index contributed by atoms with van der Waals surface area (Å²) in [7, 11) is 9.53. The molecule has 0 spiro atoms. The van der Waals surface area contributed by atoms with Crippen LogP contribution in [0.1, 0.15) is 31.4 Å². The van der Waals surface area contributed by atoms with E-state index >= 15 is 0 Å². The Kier molecular flexibility index (Phi) is 9.14. The third kappa shape index (κ3) is 6.42. The Hall–Kier alpha value is -1.71. The fourth-order valence-electron chi connectivity index (χ4n) is 2.75. The zero-order valence-corrected chi connectivity index (χ0v) is 19.0. The zero-order chi connectivity index (χ0) is 20.5. The second kappa shape index (κ2) is 11.3. The van der Waals surface area contributed by atoms with Crippen molar-refractivity contribution in [2.75, 3.05) is 0 Å². The Morgan fingerprint density at radius 1 is 0.857 bits per heavy atom. The molecule has 0 saturated carbocycles. The van der Waals surface area contributed by atoms with Crippen molar-refractivity contribution < 1.29 is 13.1 Å². The molecule has 148 valence electrons. The van der Waals surface area contributed by atoms with Crippen molar-refractivity contribution in [3.63, 3.8) is 0 Å². The first-order chi connectivity index (χ1) is 13.5. The van der Waals surface area contributed by atoms with Gasteiger partial charge >= 0.3 is 33.3 Å². The molecule has 3 nitrogen and oxygen atoms in total. The van der Waals surface area contributed by atoms with Gasteiger partial charge in [-0.2, -0.15) is 0 Å². The summed E-state index contributed by atoms with van der Waals surface area (Å²) in [6.07, 6.45) is 2.93. The first kappa shape index (κ1) is 22.6. The van der Waals surface area contributed by atoms with Crippen molar-refractivity contribution in [3.8, 4) is 0 Å². The predicted octanol–water partition coefficient (Wildman–Crippen LogP) is 7.29. The molecule has 0 unspecified atom stereocenters. The molecule has 6 heteroatoms. The minimum absolute atomic E-state index is 0.194. The van der Waals surface area contributed by atoms with Crippen LogP contribution < -0.4 is 0 Å². The third-order valence-corrected chi connectivity index (χ3v) is 4.34. The monoisotopic (exact) mass is 455 g/mol. The van der Waals surface area contributed by atoms with Crippen LogP contribution in [0.15, 0.2) is 75.3 Å². The molecule has 0 atom stereocenters. The normalized spacial score (nSPS) is 14.4. The van der Waals surface area contributed by atoms with Gasteiger partial charge in [0.25, 0.3) is 0 Å². The number of allylic oxidation sites excluding steroid dienone is 2. The van der Waals surface area contributed by atoms with Gasteiger partial charge in [-0.05, 0) is 51.0 Å². The third-order valence-electron chi connectivity index (χ3n) is 4.34. The van der Waals surface area contributed by atoms with Crippen molar-refractivity contribution in [1.29, 1.82) is 0 Å². The van der Waals surface area contributed by atoms with E-state index in [4.69, 9.17) is 35.2 Å². The Morgan fingerprint density at radius 2 is 1.32 bits per heavy atom. The molecule has 2 aromatic carbocycles. The molecule has 0 amide bonds. The van der Waals surface area contributed by atoms with Crippen molar-refractivity contribution in [1.82, 2.24) is 0 Å². The molecule has 1 heterocycles. The van der Waals surface area contributed by atoms with Crippen molar-refractivity contribution >= 4 is 48.7 Å². The topological polar surface area (TPSA) is 37.1 Å². The van der Waals surface area contributed by atoms with Crippen LogP contribution in [0.2, 0.25) is 0 Å². The fourth-order valence-corrected chi connectivity index (χ4v) is 2.75. The number of rotatable bonds is 4. The second-order valence-electron chi connectivity index (χ2n) is 6.37. The van der Waals surface area contributed by atoms with E-state index in [2.05, 4.69) is 32.1 Å². The van der Waals surface area contributed by atoms with Gasteiger partial charge in [0.15, 0.2) is 0 Å². The summed E-state index contributed by atoms with van der Waals surface area (Å²) < 4.78 is 0. The molecule has 28 heavy (non-hydrogen) atoms. The fraction of sp³-hybridized carbons (Fsp3) is 0.227. The molecule has 0 fully saturated rings. The quantitative estimate of drug-likeness (QED) is 0.342. The number of benzene rings is 2. The first-order valence-corrected chi connectivity index (χ1v) is 11.9. The average molecular weight is 456 g/mol. The number of aryl methyl sites for hydroxylation is 2. The van der Waals surface area contributed by atoms with E-state index in [0.29, 0.717) is 0 Å². The average Bonchev–Trinajstić information content (AvgIpc) is 3.17. The molecule has 0 N–H and O–H groups in total. The van der Waals surface area contributed by atoms with E-state index in [1.807, 2.05) is 50.2 Å². The molecule has 1 aliphatic heterocycles. The Labute approximate surface area is 181 Å². The number of halogens is 2. The van der Waals surface area contributed by atoms with Gasteiger partial charge in [-0.15, -0.1) is 0 Å². The maximum atomic E-state index is 4.76. The molecule has 2 aromatic rings. The number of hydrogen-bond acceptors (Lipinski definition) is 3. The molecule has 0 radical (unpaired) electrons. The summed E-state index contributed by atoms with van der Waals surface area (Å²) in [6.45, 7) is 8.18. The van der Waals surface area contributed by atoms with E-state index in [9.17, 15) is 0 Å². The van der Waals surface area contributed by atoms with Gasteiger partial charge in [-0.1, -0.05) is 42.5 Å². The molecular formula is C22H23Cl2FeN3. The minimum atomic E-state index is 0.194. The van der Waals surface area contributed by atoms with E-state index in [0.717, 1.165) is 40.6 Å². The van der Waals surface area contributed by atoms with Crippen LogP contribution >= 0.6 is 20.2 Å². The van der Waals surface area contributed by atoms with Gasteiger partial charge in [0.2, 0.25) is 0 Å². The standard InChI is InChI=1S/C22H23N3.2ClH.Fe/c1-15-9-5-7-11-19(15)23-17(3)21-13-14-22(25-21)18(4)24-20-12-8-6-10-16(20)2;;;/h5-13H,14H2,1-4H3;2*1H;/q;;;+2/p-2. The molecule has 3 rings (SSSR count). The molecular weight excluding hydrogens is 433 g/mol. The van der Waals surface area contributed by atoms with E-state index in [1.165, 1.54) is 11.1 Å². The Morgan fingerprint density at radius 3 is 1.82 bits per heavy atom. The van der Waals surface area contributed by atoms with Gasteiger partial charge in [0, 0.05) is 6.42 Å². The first-order valence-electron chi connectivity index (χ1n) is 8.81. The van der Waals surface area contributed by atoms with Crippen molar-refractivity contribution in [3.05, 3.63) is 71.4 Å². The summed E-state index contributed by atoms with van der Waals surface area (Å²) in [5.74, 6) is 0. The summed E-state index contributed by atoms with van der Waals surface area (Å²) in [4.78, 5) is 14.2. The van der Waals surface area contributed by atoms with Gasteiger partial charge in [-0.25, -0.2) is 4.99 Å². The molecule has 0 saturated heterocycles. The summed E-state index contributed by atoms with van der Waals surface area (Å²) in [6, 6.07) is 16.3.